The van der Waals surface area contributed by atoms with Crippen LogP contribution in [0.2, 0.25) is 10.2 Å². The zero-order valence-corrected chi connectivity index (χ0v) is 31.7. The summed E-state index contributed by atoms with van der Waals surface area (Å²) < 4.78 is 51.1. The van der Waals surface area contributed by atoms with E-state index in [1.165, 1.54) is 24.4 Å². The molecule has 12 nitrogen and oxygen atoms in total. The Morgan fingerprint density at radius 1 is 1.06 bits per heavy atom. The number of amides is 3. The Hall–Kier alpha value is -3.66. The molecule has 0 bridgehead atoms. The molecule has 2 spiro atoms. The van der Waals surface area contributed by atoms with Crippen molar-refractivity contribution in [3.05, 3.63) is 87.4 Å². The monoisotopic (exact) mass is 789 g/mol. The molecule has 53 heavy (non-hydrogen) atoms. The number of halogens is 3. The smallest absolute Gasteiger partial charge is 0.294 e. The van der Waals surface area contributed by atoms with Crippen molar-refractivity contribution in [2.45, 2.75) is 99.3 Å². The van der Waals surface area contributed by atoms with Crippen molar-refractivity contribution >= 4 is 56.7 Å². The molecule has 2 aromatic carbocycles. The maximum atomic E-state index is 16.0. The van der Waals surface area contributed by atoms with E-state index in [4.69, 9.17) is 38.2 Å². The molecule has 1 aromatic heterocycles. The summed E-state index contributed by atoms with van der Waals surface area (Å²) in [5.41, 5.74) is 5.44. The molecule has 3 amide bonds. The van der Waals surface area contributed by atoms with E-state index >= 15 is 4.39 Å². The van der Waals surface area contributed by atoms with E-state index in [0.717, 1.165) is 18.4 Å². The third kappa shape index (κ3) is 7.29. The normalized spacial score (nSPS) is 27.0. The first-order valence-corrected chi connectivity index (χ1v) is 19.5. The van der Waals surface area contributed by atoms with E-state index in [1.807, 2.05) is 6.92 Å². The zero-order chi connectivity index (χ0) is 38.5. The lowest BCUT2D eigenvalue weighted by Gasteiger charge is -2.50. The Bertz CT molecular complexity index is 2030. The van der Waals surface area contributed by atoms with Gasteiger partial charge in [0.1, 0.15) is 11.5 Å². The second-order valence-electron chi connectivity index (χ2n) is 15.1. The van der Waals surface area contributed by atoms with Crippen molar-refractivity contribution < 1.29 is 36.5 Å². The largest absolute Gasteiger partial charge is 0.367 e. The first kappa shape index (κ1) is 39.0. The molecule has 3 aromatic rings. The van der Waals surface area contributed by atoms with Gasteiger partial charge in [-0.15, -0.1) is 0 Å². The lowest BCUT2D eigenvalue weighted by molar-refractivity contribution is -0.134. The van der Waals surface area contributed by atoms with Crippen LogP contribution in [0.4, 0.5) is 10.1 Å². The highest BCUT2D eigenvalue weighted by Gasteiger charge is 2.73. The van der Waals surface area contributed by atoms with Crippen molar-refractivity contribution in [3.8, 4) is 0 Å². The number of nitrogens with one attached hydrogen (secondary N) is 3. The predicted molar refractivity (Wildman–Crippen MR) is 197 cm³/mol. The Labute approximate surface area is 317 Å². The molecule has 7 rings (SSSR count). The van der Waals surface area contributed by atoms with Gasteiger partial charge in [0, 0.05) is 28.4 Å². The highest BCUT2D eigenvalue weighted by molar-refractivity contribution is 7.85. The number of nitrogens with two attached hydrogens (primary N) is 1. The average molecular weight is 791 g/mol. The van der Waals surface area contributed by atoms with Gasteiger partial charge in [-0.1, -0.05) is 54.7 Å². The van der Waals surface area contributed by atoms with Crippen LogP contribution >= 0.6 is 23.2 Å². The Morgan fingerprint density at radius 3 is 2.34 bits per heavy atom. The predicted octanol–water partition coefficient (Wildman–Crippen LogP) is 5.20. The standard InChI is InChI=1S/C30H34Cl2FN5O4.C7H8O3S/c1-28(2)8-10-29(11-9-28)30(18-13-15(31)3-5-19(18)37-27(30)41)21(17-7-12-35-24(32)22(17)33)23(38-29)26(40)36-16-4-6-20(25(34)39)42-14-16;1-6-2-4-7(5-3-6)11(8,9)10/h3,5,7,12-13,16,20-21,23,38H,4,6,8-11,14H2,1-2H3,(H2,34,39)(H,36,40)(H,37,41);2-5H,1H3,(H,8,9,10)/t16-,20+,21+,23-,30-;/m1./s1. The van der Waals surface area contributed by atoms with Crippen LogP contribution in [-0.4, -0.2) is 66.0 Å². The highest BCUT2D eigenvalue weighted by atomic mass is 35.5. The maximum absolute atomic E-state index is 16.0. The summed E-state index contributed by atoms with van der Waals surface area (Å²) in [5.74, 6) is -3.02. The zero-order valence-electron chi connectivity index (χ0n) is 29.4. The molecule has 0 radical (unpaired) electrons. The quantitative estimate of drug-likeness (QED) is 0.171. The van der Waals surface area contributed by atoms with E-state index in [1.54, 1.807) is 30.3 Å². The molecule has 3 fully saturated rings. The fourth-order valence-electron chi connectivity index (χ4n) is 8.41. The van der Waals surface area contributed by atoms with Crippen molar-refractivity contribution in [2.24, 2.45) is 11.1 Å². The fourth-order valence-corrected chi connectivity index (χ4v) is 9.22. The number of anilines is 1. The molecule has 3 aliphatic heterocycles. The van der Waals surface area contributed by atoms with Gasteiger partial charge in [-0.2, -0.15) is 8.42 Å². The summed E-state index contributed by atoms with van der Waals surface area (Å²) in [4.78, 5) is 44.1. The number of benzene rings is 2. The molecular weight excluding hydrogens is 748 g/mol. The summed E-state index contributed by atoms with van der Waals surface area (Å²) in [5, 5.41) is 9.79. The van der Waals surface area contributed by atoms with Crippen LogP contribution in [0.5, 0.6) is 0 Å². The van der Waals surface area contributed by atoms with Crippen LogP contribution in [0.3, 0.4) is 0 Å². The van der Waals surface area contributed by atoms with Gasteiger partial charge in [0.05, 0.1) is 23.6 Å². The van der Waals surface area contributed by atoms with Gasteiger partial charge in [0.2, 0.25) is 17.7 Å². The van der Waals surface area contributed by atoms with Crippen LogP contribution in [0.1, 0.15) is 75.0 Å². The number of aryl methyl sites for hydroxylation is 1. The number of rotatable bonds is 5. The number of nitrogens with zero attached hydrogens (tertiary/aromatic N) is 1. The first-order chi connectivity index (χ1) is 24.9. The third-order valence-electron chi connectivity index (χ3n) is 11.2. The van der Waals surface area contributed by atoms with Crippen LogP contribution in [0.15, 0.2) is 59.6 Å². The number of carbonyl (C=O) groups excluding carboxylic acids is 3. The minimum Gasteiger partial charge on any atom is -0.367 e. The number of carbonyl (C=O) groups is 3. The SMILES string of the molecule is CC1(C)CCC2(CC1)N[C@@H](C(=O)N[C@@H]1CC[C@@H](C(N)=O)OC1)[C@H](c1ccnc(Cl)c1F)[C@]21C(=O)Nc2ccc(Cl)cc21.Cc1ccc(S(=O)(=O)O)cc1. The Kier molecular flexibility index (Phi) is 10.7. The molecule has 5 atom stereocenters. The molecule has 2 saturated heterocycles. The van der Waals surface area contributed by atoms with Gasteiger partial charge in [-0.3, -0.25) is 24.3 Å². The van der Waals surface area contributed by atoms with Crippen molar-refractivity contribution in [2.75, 3.05) is 11.9 Å². The summed E-state index contributed by atoms with van der Waals surface area (Å²) in [6.07, 6.45) is 4.27. The Balaban J connectivity index is 0.000000376. The van der Waals surface area contributed by atoms with Crippen molar-refractivity contribution in [3.63, 3.8) is 0 Å². The molecule has 16 heteroatoms. The minimum absolute atomic E-state index is 0.0256. The summed E-state index contributed by atoms with van der Waals surface area (Å²) >= 11 is 12.7. The second-order valence-corrected chi connectivity index (χ2v) is 17.3. The average Bonchev–Trinajstić information content (AvgIpc) is 3.56. The second kappa shape index (κ2) is 14.5. The van der Waals surface area contributed by atoms with Gasteiger partial charge >= 0.3 is 0 Å². The van der Waals surface area contributed by atoms with E-state index in [-0.39, 0.29) is 33.5 Å². The Morgan fingerprint density at radius 2 is 1.74 bits per heavy atom. The molecule has 0 unspecified atom stereocenters. The topological polar surface area (TPSA) is 190 Å². The lowest BCUT2D eigenvalue weighted by atomic mass is 9.53. The molecule has 284 valence electrons. The number of aromatic nitrogens is 1. The number of hydrogen-bond donors (Lipinski definition) is 5. The van der Waals surface area contributed by atoms with Gasteiger partial charge in [0.15, 0.2) is 11.0 Å². The molecule has 6 N–H and O–H groups in total. The molecule has 4 aliphatic rings. The maximum Gasteiger partial charge on any atom is 0.294 e. The van der Waals surface area contributed by atoms with E-state index in [2.05, 4.69) is 34.8 Å². The fraction of sp³-hybridized carbons (Fsp3) is 0.459. The lowest BCUT2D eigenvalue weighted by Crippen LogP contribution is -2.61. The van der Waals surface area contributed by atoms with Crippen LogP contribution in [-0.2, 0) is 34.7 Å². The van der Waals surface area contributed by atoms with Crippen molar-refractivity contribution in [1.29, 1.82) is 0 Å². The van der Waals surface area contributed by atoms with Gasteiger partial charge in [-0.25, -0.2) is 9.37 Å². The van der Waals surface area contributed by atoms with Gasteiger partial charge in [-0.05, 0) is 98.4 Å². The summed E-state index contributed by atoms with van der Waals surface area (Å²) in [7, 11) is -4.02. The van der Waals surface area contributed by atoms with E-state index < -0.39 is 62.8 Å². The molecular formula is C37H42Cl2FN5O7S. The summed E-state index contributed by atoms with van der Waals surface area (Å²) in [6.45, 7) is 6.32. The third-order valence-corrected chi connectivity index (χ3v) is 12.6. The summed E-state index contributed by atoms with van der Waals surface area (Å²) in [6, 6.07) is 11.3. The van der Waals surface area contributed by atoms with Crippen LogP contribution < -0.4 is 21.7 Å². The molecule has 4 heterocycles. The number of fused-ring (bicyclic) bond motifs is 3. The van der Waals surface area contributed by atoms with E-state index in [0.29, 0.717) is 42.0 Å². The van der Waals surface area contributed by atoms with Crippen LogP contribution in [0, 0.1) is 18.2 Å². The highest BCUT2D eigenvalue weighted by Crippen LogP contribution is 2.64. The number of primary amides is 1. The van der Waals surface area contributed by atoms with Crippen molar-refractivity contribution in [1.82, 2.24) is 15.6 Å². The molecule has 1 aliphatic carbocycles. The number of ether oxygens (including phenoxy) is 1. The van der Waals surface area contributed by atoms with Crippen LogP contribution in [0.25, 0.3) is 0 Å². The number of pyridine rings is 1. The minimum atomic E-state index is -4.02. The molecule has 1 saturated carbocycles. The van der Waals surface area contributed by atoms with Gasteiger partial charge in [0.25, 0.3) is 10.1 Å². The van der Waals surface area contributed by atoms with Gasteiger partial charge < -0.3 is 21.1 Å². The number of hydrogen-bond acceptors (Lipinski definition) is 8. The first-order valence-electron chi connectivity index (χ1n) is 17.3. The van der Waals surface area contributed by atoms with E-state index in [9.17, 15) is 22.8 Å².